The number of aromatic nitrogens is 2. The number of benzene rings is 2. The normalized spacial score (nSPS) is 11.0. The lowest BCUT2D eigenvalue weighted by Gasteiger charge is -2.11. The summed E-state index contributed by atoms with van der Waals surface area (Å²) in [5, 5.41) is 3.52. The van der Waals surface area contributed by atoms with E-state index >= 15 is 0 Å². The Morgan fingerprint density at radius 3 is 2.41 bits per heavy atom. The van der Waals surface area contributed by atoms with Gasteiger partial charge in [-0.3, -0.25) is 14.2 Å². The van der Waals surface area contributed by atoms with E-state index in [0.717, 1.165) is 22.4 Å². The van der Waals surface area contributed by atoms with Crippen LogP contribution in [0.4, 0.5) is 5.69 Å². The highest BCUT2D eigenvalue weighted by Gasteiger charge is 2.20. The van der Waals surface area contributed by atoms with Crippen molar-refractivity contribution >= 4 is 33.1 Å². The fourth-order valence-corrected chi connectivity index (χ4v) is 4.48. The van der Waals surface area contributed by atoms with E-state index in [1.807, 2.05) is 69.3 Å². The summed E-state index contributed by atoms with van der Waals surface area (Å²) in [6, 6.07) is 15.7. The molecule has 2 aromatic heterocycles. The third kappa shape index (κ3) is 3.59. The highest BCUT2D eigenvalue weighted by atomic mass is 32.1. The van der Waals surface area contributed by atoms with Gasteiger partial charge in [-0.25, -0.2) is 4.98 Å². The van der Waals surface area contributed by atoms with Gasteiger partial charge in [-0.1, -0.05) is 48.5 Å². The first kappa shape index (κ1) is 19.1. The summed E-state index contributed by atoms with van der Waals surface area (Å²) in [7, 11) is 0. The topological polar surface area (TPSA) is 64.0 Å². The second kappa shape index (κ2) is 7.64. The maximum absolute atomic E-state index is 13.1. The van der Waals surface area contributed by atoms with Crippen molar-refractivity contribution in [3.63, 3.8) is 0 Å². The first-order valence-corrected chi connectivity index (χ1v) is 10.2. The maximum Gasteiger partial charge on any atom is 0.266 e. The molecule has 0 spiro atoms. The zero-order valence-corrected chi connectivity index (χ0v) is 17.3. The van der Waals surface area contributed by atoms with Gasteiger partial charge < -0.3 is 5.32 Å². The number of para-hydroxylation sites is 1. The van der Waals surface area contributed by atoms with Crippen LogP contribution in [0.25, 0.3) is 10.2 Å². The zero-order chi connectivity index (χ0) is 20.5. The minimum absolute atomic E-state index is 0.126. The molecule has 2 heterocycles. The van der Waals surface area contributed by atoms with Gasteiger partial charge in [0.25, 0.3) is 11.5 Å². The molecule has 0 bridgehead atoms. The molecule has 1 N–H and O–H groups in total. The number of hydrogen-bond donors (Lipinski definition) is 1. The Bertz CT molecular complexity index is 1250. The van der Waals surface area contributed by atoms with Gasteiger partial charge in [0.05, 0.1) is 23.1 Å². The van der Waals surface area contributed by atoms with Crippen molar-refractivity contribution in [1.29, 1.82) is 0 Å². The molecule has 0 saturated carbocycles. The van der Waals surface area contributed by atoms with Crippen molar-refractivity contribution in [2.24, 2.45) is 0 Å². The van der Waals surface area contributed by atoms with Crippen LogP contribution in [0.1, 0.15) is 31.9 Å². The molecule has 1 amide bonds. The van der Waals surface area contributed by atoms with Gasteiger partial charge in [0.15, 0.2) is 0 Å². The molecule has 2 aromatic carbocycles. The van der Waals surface area contributed by atoms with Gasteiger partial charge in [-0.2, -0.15) is 0 Å². The minimum atomic E-state index is -0.211. The average molecular weight is 404 g/mol. The van der Waals surface area contributed by atoms with Crippen LogP contribution < -0.4 is 10.9 Å². The second-order valence-corrected chi connectivity index (χ2v) is 8.12. The van der Waals surface area contributed by atoms with Crippen molar-refractivity contribution in [2.75, 3.05) is 5.32 Å². The Hall–Kier alpha value is -3.25. The van der Waals surface area contributed by atoms with Crippen LogP contribution in [0.2, 0.25) is 0 Å². The Kier molecular flexibility index (Phi) is 5.03. The highest BCUT2D eigenvalue weighted by molar-refractivity contribution is 7.20. The molecular formula is C23H21N3O2S. The van der Waals surface area contributed by atoms with Gasteiger partial charge in [0.1, 0.15) is 4.83 Å². The van der Waals surface area contributed by atoms with Crippen molar-refractivity contribution in [2.45, 2.75) is 27.3 Å². The first-order valence-electron chi connectivity index (χ1n) is 9.35. The number of thiophene rings is 1. The fourth-order valence-electron chi connectivity index (χ4n) is 3.45. The average Bonchev–Trinajstić information content (AvgIpc) is 3.05. The van der Waals surface area contributed by atoms with Crippen LogP contribution in [0.5, 0.6) is 0 Å². The van der Waals surface area contributed by atoms with Crippen LogP contribution in [0, 0.1) is 20.8 Å². The van der Waals surface area contributed by atoms with E-state index in [2.05, 4.69) is 10.3 Å². The van der Waals surface area contributed by atoms with Crippen LogP contribution in [0.15, 0.2) is 59.7 Å². The number of rotatable bonds is 4. The second-order valence-electron chi connectivity index (χ2n) is 7.12. The number of carbonyl (C=O) groups excluding carboxylic acids is 1. The molecule has 0 unspecified atom stereocenters. The lowest BCUT2D eigenvalue weighted by atomic mass is 10.1. The number of carbonyl (C=O) groups is 1. The molecule has 146 valence electrons. The summed E-state index contributed by atoms with van der Waals surface area (Å²) in [5.41, 5.74) is 4.38. The number of aryl methyl sites for hydroxylation is 3. The first-order chi connectivity index (χ1) is 14.0. The summed E-state index contributed by atoms with van der Waals surface area (Å²) in [6.45, 7) is 6.19. The van der Waals surface area contributed by atoms with E-state index in [1.54, 1.807) is 10.9 Å². The molecule has 6 heteroatoms. The zero-order valence-electron chi connectivity index (χ0n) is 16.5. The Morgan fingerprint density at radius 1 is 1.03 bits per heavy atom. The van der Waals surface area contributed by atoms with Gasteiger partial charge >= 0.3 is 0 Å². The van der Waals surface area contributed by atoms with Gasteiger partial charge in [0.2, 0.25) is 0 Å². The third-order valence-corrected chi connectivity index (χ3v) is 6.24. The monoisotopic (exact) mass is 403 g/mol. The van der Waals surface area contributed by atoms with Crippen LogP contribution >= 0.6 is 11.3 Å². The molecule has 29 heavy (non-hydrogen) atoms. The van der Waals surface area contributed by atoms with Gasteiger partial charge in [0, 0.05) is 5.69 Å². The number of hydrogen-bond acceptors (Lipinski definition) is 4. The fraction of sp³-hybridized carbons (Fsp3) is 0.174. The van der Waals surface area contributed by atoms with E-state index in [9.17, 15) is 9.59 Å². The summed E-state index contributed by atoms with van der Waals surface area (Å²) < 4.78 is 1.59. The summed E-state index contributed by atoms with van der Waals surface area (Å²) >= 11 is 1.26. The molecule has 0 aliphatic heterocycles. The van der Waals surface area contributed by atoms with Gasteiger partial charge in [-0.15, -0.1) is 11.3 Å². The van der Waals surface area contributed by atoms with E-state index < -0.39 is 0 Å². The van der Waals surface area contributed by atoms with Crippen molar-refractivity contribution in [3.05, 3.63) is 92.3 Å². The van der Waals surface area contributed by atoms with Gasteiger partial charge in [-0.05, 0) is 43.0 Å². The van der Waals surface area contributed by atoms with Crippen molar-refractivity contribution in [1.82, 2.24) is 9.55 Å². The van der Waals surface area contributed by atoms with E-state index in [-0.39, 0.29) is 11.5 Å². The summed E-state index contributed by atoms with van der Waals surface area (Å²) in [4.78, 5) is 31.6. The van der Waals surface area contributed by atoms with E-state index in [0.29, 0.717) is 27.2 Å². The number of nitrogens with zero attached hydrogens (tertiary/aromatic N) is 2. The van der Waals surface area contributed by atoms with E-state index in [4.69, 9.17) is 0 Å². The molecule has 4 rings (SSSR count). The standard InChI is InChI=1S/C23H21N3O2S/c1-14-8-7-9-15(2)19(14)25-21(27)20-16(3)18-22(29-20)24-13-26(23(18)28)12-17-10-5-4-6-11-17/h4-11,13H,12H2,1-3H3,(H,25,27). The molecule has 0 radical (unpaired) electrons. The SMILES string of the molecule is Cc1cccc(C)c1NC(=O)c1sc2ncn(Cc3ccccc3)c(=O)c2c1C. The number of fused-ring (bicyclic) bond motifs is 1. The number of anilines is 1. The number of nitrogens with one attached hydrogen (secondary N) is 1. The third-order valence-electron chi connectivity index (χ3n) is 5.04. The predicted molar refractivity (Wildman–Crippen MR) is 118 cm³/mol. The van der Waals surface area contributed by atoms with Crippen molar-refractivity contribution in [3.8, 4) is 0 Å². The number of amides is 1. The molecule has 0 aliphatic rings. The quantitative estimate of drug-likeness (QED) is 0.538. The molecule has 0 saturated heterocycles. The molecular weight excluding hydrogens is 382 g/mol. The predicted octanol–water partition coefficient (Wildman–Crippen LogP) is 4.68. The van der Waals surface area contributed by atoms with Crippen LogP contribution in [-0.2, 0) is 6.54 Å². The van der Waals surface area contributed by atoms with Crippen molar-refractivity contribution < 1.29 is 4.79 Å². The molecule has 0 atom stereocenters. The minimum Gasteiger partial charge on any atom is -0.321 e. The van der Waals surface area contributed by atoms with Crippen LogP contribution in [-0.4, -0.2) is 15.5 Å². The van der Waals surface area contributed by atoms with Crippen LogP contribution in [0.3, 0.4) is 0 Å². The molecule has 4 aromatic rings. The largest absolute Gasteiger partial charge is 0.321 e. The lowest BCUT2D eigenvalue weighted by molar-refractivity contribution is 0.103. The summed E-state index contributed by atoms with van der Waals surface area (Å²) in [6.07, 6.45) is 1.56. The Labute approximate surface area is 172 Å². The molecule has 0 fully saturated rings. The van der Waals surface area contributed by atoms with E-state index in [1.165, 1.54) is 11.3 Å². The maximum atomic E-state index is 13.1. The summed E-state index contributed by atoms with van der Waals surface area (Å²) in [5.74, 6) is -0.211. The lowest BCUT2D eigenvalue weighted by Crippen LogP contribution is -2.21. The molecule has 0 aliphatic carbocycles. The Morgan fingerprint density at radius 2 is 1.72 bits per heavy atom. The molecule has 5 nitrogen and oxygen atoms in total. The highest BCUT2D eigenvalue weighted by Crippen LogP contribution is 2.29. The Balaban J connectivity index is 1.71. The smallest absolute Gasteiger partial charge is 0.266 e.